The van der Waals surface area contributed by atoms with Crippen molar-refractivity contribution in [2.45, 2.75) is 12.8 Å². The molecule has 0 unspecified atom stereocenters. The largest absolute Gasteiger partial charge is 1.00 e. The van der Waals surface area contributed by atoms with Crippen molar-refractivity contribution >= 4 is 11.8 Å². The monoisotopic (exact) mass is 120 g/mol. The Morgan fingerprint density at radius 3 is 2.11 bits per heavy atom. The van der Waals surface area contributed by atoms with Crippen LogP contribution in [0.4, 0.5) is 0 Å². The molecule has 0 bridgehead atoms. The second kappa shape index (κ2) is 3.05. The summed E-state index contributed by atoms with van der Waals surface area (Å²) in [6, 6.07) is 0. The van der Waals surface area contributed by atoms with E-state index in [1.165, 1.54) is 0 Å². The van der Waals surface area contributed by atoms with Crippen LogP contribution in [0.5, 0.6) is 0 Å². The molecule has 0 spiro atoms. The van der Waals surface area contributed by atoms with Gasteiger partial charge in [-0.3, -0.25) is 4.79 Å². The van der Waals surface area contributed by atoms with Crippen molar-refractivity contribution in [2.24, 2.45) is 5.92 Å². The summed E-state index contributed by atoms with van der Waals surface area (Å²) in [6.45, 7) is 0. The number of aliphatic carboxylic acids is 1. The number of Topliss-reactive ketones (excluding diaryl/α,β-unsaturated/α-hetero) is 1. The van der Waals surface area contributed by atoms with E-state index in [0.29, 0.717) is 0 Å². The maximum absolute atomic E-state index is 10.1. The first-order valence-electron chi connectivity index (χ1n) is 2.42. The Balaban J connectivity index is 0.000000640. The number of carboxylic acids is 1. The average Bonchev–Trinajstić information content (AvgIpc) is 1.57. The molecule has 0 amide bonds. The van der Waals surface area contributed by atoms with Crippen molar-refractivity contribution in [1.29, 1.82) is 0 Å². The zero-order valence-corrected chi connectivity index (χ0v) is 5.22. The Morgan fingerprint density at radius 2 is 2.00 bits per heavy atom. The van der Waals surface area contributed by atoms with Crippen molar-refractivity contribution in [3.63, 3.8) is 0 Å². The van der Waals surface area contributed by atoms with E-state index in [0.717, 1.165) is 0 Å². The van der Waals surface area contributed by atoms with E-state index in [9.17, 15) is 14.7 Å². The standard InChI is InChI=1S/C5H6O3.Li/c6-4-1-3(2-4)5(7)8;/h3H,1-2H2,(H,7,8);/q;+1/p-1. The third kappa shape index (κ3) is 1.85. The van der Waals surface area contributed by atoms with Gasteiger partial charge in [-0.25, -0.2) is 0 Å². The molecule has 1 aliphatic rings. The zero-order valence-electron chi connectivity index (χ0n) is 5.22. The normalized spacial score (nSPS) is 18.0. The van der Waals surface area contributed by atoms with Gasteiger partial charge in [0, 0.05) is 24.7 Å². The minimum atomic E-state index is -1.09. The molecular formula is C5H5LiO3. The van der Waals surface area contributed by atoms with Crippen LogP contribution in [-0.2, 0) is 9.59 Å². The van der Waals surface area contributed by atoms with Crippen LogP contribution >= 0.6 is 0 Å². The minimum Gasteiger partial charge on any atom is -0.550 e. The Bertz CT molecular complexity index is 135. The predicted molar refractivity (Wildman–Crippen MR) is 22.7 cm³/mol. The molecule has 0 N–H and O–H groups in total. The van der Waals surface area contributed by atoms with E-state index in [4.69, 9.17) is 0 Å². The molecule has 0 aliphatic heterocycles. The Labute approximate surface area is 64.6 Å². The number of rotatable bonds is 1. The first-order chi connectivity index (χ1) is 3.70. The van der Waals surface area contributed by atoms with Crippen molar-refractivity contribution in [1.82, 2.24) is 0 Å². The zero-order chi connectivity index (χ0) is 6.15. The molecule has 0 aromatic rings. The summed E-state index contributed by atoms with van der Waals surface area (Å²) in [5, 5.41) is 9.86. The topological polar surface area (TPSA) is 57.2 Å². The quantitative estimate of drug-likeness (QED) is 0.329. The van der Waals surface area contributed by atoms with Gasteiger partial charge in [0.1, 0.15) is 5.78 Å². The number of hydrogen-bond acceptors (Lipinski definition) is 3. The summed E-state index contributed by atoms with van der Waals surface area (Å²) in [4.78, 5) is 20.0. The summed E-state index contributed by atoms with van der Waals surface area (Å²) >= 11 is 0. The third-order valence-corrected chi connectivity index (χ3v) is 1.28. The van der Waals surface area contributed by atoms with E-state index in [1.807, 2.05) is 0 Å². The van der Waals surface area contributed by atoms with Crippen LogP contribution in [0.2, 0.25) is 0 Å². The molecule has 4 heteroatoms. The fraction of sp³-hybridized carbons (Fsp3) is 0.600. The molecule has 44 valence electrons. The second-order valence-corrected chi connectivity index (χ2v) is 1.96. The summed E-state index contributed by atoms with van der Waals surface area (Å²) < 4.78 is 0. The van der Waals surface area contributed by atoms with Crippen LogP contribution in [0.3, 0.4) is 0 Å². The van der Waals surface area contributed by atoms with E-state index in [2.05, 4.69) is 0 Å². The van der Waals surface area contributed by atoms with Crippen LogP contribution in [0.1, 0.15) is 12.8 Å². The molecule has 1 saturated carbocycles. The van der Waals surface area contributed by atoms with Crippen LogP contribution in [0, 0.1) is 5.92 Å². The molecular weight excluding hydrogens is 115 g/mol. The van der Waals surface area contributed by atoms with Gasteiger partial charge in [-0.2, -0.15) is 0 Å². The Morgan fingerprint density at radius 1 is 1.56 bits per heavy atom. The second-order valence-electron chi connectivity index (χ2n) is 1.96. The fourth-order valence-corrected chi connectivity index (χ4v) is 0.657. The summed E-state index contributed by atoms with van der Waals surface area (Å²) in [5.74, 6) is -1.55. The van der Waals surface area contributed by atoms with Gasteiger partial charge in [-0.1, -0.05) is 0 Å². The molecule has 0 aromatic heterocycles. The van der Waals surface area contributed by atoms with E-state index in [1.54, 1.807) is 0 Å². The van der Waals surface area contributed by atoms with Crippen LogP contribution < -0.4 is 24.0 Å². The number of hydrogen-bond donors (Lipinski definition) is 0. The Hall–Kier alpha value is -0.263. The maximum Gasteiger partial charge on any atom is 1.00 e. The summed E-state index contributed by atoms with van der Waals surface area (Å²) in [6.07, 6.45) is 0.366. The maximum atomic E-state index is 10.1. The van der Waals surface area contributed by atoms with Gasteiger partial charge in [0.25, 0.3) is 0 Å². The van der Waals surface area contributed by atoms with Gasteiger partial charge >= 0.3 is 18.9 Å². The molecule has 1 rings (SSSR count). The van der Waals surface area contributed by atoms with Crippen LogP contribution in [0.15, 0.2) is 0 Å². The molecule has 0 radical (unpaired) electrons. The SMILES string of the molecule is O=C1CC(C(=O)[O-])C1.[Li+]. The Kier molecular flexibility index (Phi) is 2.96. The smallest absolute Gasteiger partial charge is 0.550 e. The van der Waals surface area contributed by atoms with E-state index < -0.39 is 11.9 Å². The average molecular weight is 120 g/mol. The first-order valence-corrected chi connectivity index (χ1v) is 2.42. The molecule has 0 saturated heterocycles. The molecule has 0 heterocycles. The molecule has 1 aliphatic carbocycles. The van der Waals surface area contributed by atoms with E-state index in [-0.39, 0.29) is 37.5 Å². The van der Waals surface area contributed by atoms with Crippen LogP contribution in [0.25, 0.3) is 0 Å². The molecule has 0 atom stereocenters. The minimum absolute atomic E-state index is 0. The van der Waals surface area contributed by atoms with Gasteiger partial charge < -0.3 is 9.90 Å². The van der Waals surface area contributed by atoms with Crippen molar-refractivity contribution in [3.05, 3.63) is 0 Å². The van der Waals surface area contributed by atoms with Crippen molar-refractivity contribution < 1.29 is 33.6 Å². The van der Waals surface area contributed by atoms with Crippen molar-refractivity contribution in [2.75, 3.05) is 0 Å². The molecule has 0 aromatic carbocycles. The number of carbonyl (C=O) groups excluding carboxylic acids is 2. The summed E-state index contributed by atoms with van der Waals surface area (Å²) in [7, 11) is 0. The molecule has 1 fully saturated rings. The van der Waals surface area contributed by atoms with Gasteiger partial charge in [0.05, 0.1) is 0 Å². The van der Waals surface area contributed by atoms with Gasteiger partial charge in [0.15, 0.2) is 0 Å². The predicted octanol–water partition coefficient (Wildman–Crippen LogP) is -4.28. The molecule has 3 nitrogen and oxygen atoms in total. The molecule has 9 heavy (non-hydrogen) atoms. The number of carbonyl (C=O) groups is 2. The number of carboxylic acid groups (broad SMARTS) is 1. The van der Waals surface area contributed by atoms with Crippen LogP contribution in [-0.4, -0.2) is 11.8 Å². The van der Waals surface area contributed by atoms with E-state index >= 15 is 0 Å². The number of ketones is 1. The fourth-order valence-electron chi connectivity index (χ4n) is 0.657. The van der Waals surface area contributed by atoms with Crippen molar-refractivity contribution in [3.8, 4) is 0 Å². The van der Waals surface area contributed by atoms with Gasteiger partial charge in [0.2, 0.25) is 0 Å². The third-order valence-electron chi connectivity index (χ3n) is 1.28. The summed E-state index contributed by atoms with van der Waals surface area (Å²) in [5.41, 5.74) is 0. The van der Waals surface area contributed by atoms with Gasteiger partial charge in [-0.05, 0) is 0 Å². The van der Waals surface area contributed by atoms with Gasteiger partial charge in [-0.15, -0.1) is 0 Å². The first kappa shape index (κ1) is 8.74.